The summed E-state index contributed by atoms with van der Waals surface area (Å²) >= 11 is 5.16. The minimum absolute atomic E-state index is 0.266. The Morgan fingerprint density at radius 1 is 1.05 bits per heavy atom. The fourth-order valence-electron chi connectivity index (χ4n) is 1.69. The number of rotatable bonds is 6. The molecule has 0 saturated heterocycles. The highest BCUT2D eigenvalue weighted by atomic mass is 32.1. The van der Waals surface area contributed by atoms with Crippen LogP contribution in [0.2, 0.25) is 0 Å². The molecule has 0 saturated carbocycles. The first kappa shape index (κ1) is 15.3. The smallest absolute Gasteiger partial charge is 0.170 e. The van der Waals surface area contributed by atoms with Gasteiger partial charge in [-0.1, -0.05) is 18.2 Å². The van der Waals surface area contributed by atoms with Gasteiger partial charge in [-0.3, -0.25) is 0 Å². The first-order valence-electron chi connectivity index (χ1n) is 6.72. The first-order chi connectivity index (χ1) is 10.2. The van der Waals surface area contributed by atoms with Crippen LogP contribution in [0.15, 0.2) is 54.6 Å². The van der Waals surface area contributed by atoms with Gasteiger partial charge >= 0.3 is 0 Å². The van der Waals surface area contributed by atoms with E-state index in [9.17, 15) is 4.39 Å². The normalized spacial score (nSPS) is 9.95. The van der Waals surface area contributed by atoms with Crippen LogP contribution in [0.5, 0.6) is 5.75 Å². The van der Waals surface area contributed by atoms with Crippen molar-refractivity contribution in [2.75, 3.05) is 18.5 Å². The summed E-state index contributed by atoms with van der Waals surface area (Å²) in [6.07, 6.45) is 0.833. The van der Waals surface area contributed by atoms with Crippen molar-refractivity contribution in [1.29, 1.82) is 0 Å². The van der Waals surface area contributed by atoms with E-state index in [0.29, 0.717) is 18.3 Å². The van der Waals surface area contributed by atoms with Crippen molar-refractivity contribution >= 4 is 23.0 Å². The van der Waals surface area contributed by atoms with Gasteiger partial charge in [0.15, 0.2) is 5.11 Å². The lowest BCUT2D eigenvalue weighted by molar-refractivity contribution is 0.311. The molecule has 0 unspecified atom stereocenters. The van der Waals surface area contributed by atoms with Gasteiger partial charge < -0.3 is 15.4 Å². The van der Waals surface area contributed by atoms with Crippen LogP contribution in [0.25, 0.3) is 0 Å². The zero-order valence-corrected chi connectivity index (χ0v) is 12.3. The average Bonchev–Trinajstić information content (AvgIpc) is 2.50. The number of thiocarbonyl (C=S) groups is 1. The van der Waals surface area contributed by atoms with Crippen molar-refractivity contribution in [2.24, 2.45) is 0 Å². The molecule has 0 heterocycles. The third-order valence-corrected chi connectivity index (χ3v) is 2.97. The van der Waals surface area contributed by atoms with E-state index in [4.69, 9.17) is 17.0 Å². The highest BCUT2D eigenvalue weighted by Gasteiger charge is 1.98. The molecule has 0 spiro atoms. The maximum Gasteiger partial charge on any atom is 0.170 e. The predicted molar refractivity (Wildman–Crippen MR) is 87.2 cm³/mol. The molecule has 0 aromatic heterocycles. The Morgan fingerprint density at radius 3 is 2.48 bits per heavy atom. The van der Waals surface area contributed by atoms with E-state index in [1.165, 1.54) is 12.1 Å². The lowest BCUT2D eigenvalue weighted by Crippen LogP contribution is -2.29. The summed E-state index contributed by atoms with van der Waals surface area (Å²) in [5, 5.41) is 6.58. The van der Waals surface area contributed by atoms with E-state index in [-0.39, 0.29) is 5.82 Å². The zero-order valence-electron chi connectivity index (χ0n) is 11.5. The van der Waals surface area contributed by atoms with Gasteiger partial charge in [0.05, 0.1) is 6.61 Å². The molecule has 0 bridgehead atoms. The molecule has 2 rings (SSSR count). The highest BCUT2D eigenvalue weighted by Crippen LogP contribution is 2.09. The molecule has 0 aliphatic heterocycles. The summed E-state index contributed by atoms with van der Waals surface area (Å²) < 4.78 is 18.3. The monoisotopic (exact) mass is 304 g/mol. The molecule has 5 heteroatoms. The van der Waals surface area contributed by atoms with Gasteiger partial charge in [0.2, 0.25) is 0 Å². The maximum absolute atomic E-state index is 12.8. The molecule has 0 fully saturated rings. The maximum atomic E-state index is 12.8. The standard InChI is InChI=1S/C16H17FN2OS/c17-13-7-9-14(10-8-13)19-16(21)18-11-4-12-20-15-5-2-1-3-6-15/h1-3,5-10H,4,11-12H2,(H2,18,19,21). The third-order valence-electron chi connectivity index (χ3n) is 2.72. The van der Waals surface area contributed by atoms with Crippen LogP contribution >= 0.6 is 12.2 Å². The summed E-state index contributed by atoms with van der Waals surface area (Å²) in [7, 11) is 0. The van der Waals surface area contributed by atoms with Crippen molar-refractivity contribution in [2.45, 2.75) is 6.42 Å². The van der Waals surface area contributed by atoms with E-state index in [0.717, 1.165) is 17.9 Å². The summed E-state index contributed by atoms with van der Waals surface area (Å²) in [5.41, 5.74) is 0.759. The number of ether oxygens (including phenoxy) is 1. The molecule has 2 N–H and O–H groups in total. The predicted octanol–water partition coefficient (Wildman–Crippen LogP) is 3.58. The van der Waals surface area contributed by atoms with Crippen molar-refractivity contribution in [3.8, 4) is 5.75 Å². The van der Waals surface area contributed by atoms with Crippen LogP contribution in [0.1, 0.15) is 6.42 Å². The van der Waals surface area contributed by atoms with Gasteiger partial charge in [0, 0.05) is 12.2 Å². The quantitative estimate of drug-likeness (QED) is 0.631. The lowest BCUT2D eigenvalue weighted by atomic mass is 10.3. The Hall–Kier alpha value is -2.14. The van der Waals surface area contributed by atoms with E-state index in [1.807, 2.05) is 30.3 Å². The fraction of sp³-hybridized carbons (Fsp3) is 0.188. The van der Waals surface area contributed by atoms with Crippen LogP contribution in [-0.4, -0.2) is 18.3 Å². The number of anilines is 1. The van der Waals surface area contributed by atoms with Crippen LogP contribution in [0.4, 0.5) is 10.1 Å². The Bertz CT molecular complexity index is 560. The van der Waals surface area contributed by atoms with Crippen molar-refractivity contribution in [3.05, 3.63) is 60.4 Å². The van der Waals surface area contributed by atoms with Crippen LogP contribution in [-0.2, 0) is 0 Å². The van der Waals surface area contributed by atoms with E-state index < -0.39 is 0 Å². The minimum Gasteiger partial charge on any atom is -0.494 e. The molecule has 110 valence electrons. The third kappa shape index (κ3) is 5.79. The topological polar surface area (TPSA) is 33.3 Å². The molecule has 0 aliphatic rings. The second-order valence-electron chi connectivity index (χ2n) is 4.40. The zero-order chi connectivity index (χ0) is 14.9. The Kier molecular flexibility index (Phi) is 5.97. The molecule has 3 nitrogen and oxygen atoms in total. The van der Waals surface area contributed by atoms with E-state index >= 15 is 0 Å². The fourth-order valence-corrected chi connectivity index (χ4v) is 1.91. The number of halogens is 1. The van der Waals surface area contributed by atoms with E-state index in [1.54, 1.807) is 12.1 Å². The largest absolute Gasteiger partial charge is 0.494 e. The molecule has 0 aliphatic carbocycles. The summed E-state index contributed by atoms with van der Waals surface area (Å²) in [6.45, 7) is 1.33. The highest BCUT2D eigenvalue weighted by molar-refractivity contribution is 7.80. The van der Waals surface area contributed by atoms with Gasteiger partial charge in [0.1, 0.15) is 11.6 Å². The van der Waals surface area contributed by atoms with Gasteiger partial charge in [-0.2, -0.15) is 0 Å². The number of para-hydroxylation sites is 1. The molecule has 0 amide bonds. The Balaban J connectivity index is 1.60. The number of benzene rings is 2. The first-order valence-corrected chi connectivity index (χ1v) is 7.13. The van der Waals surface area contributed by atoms with Gasteiger partial charge in [-0.05, 0) is 55.0 Å². The van der Waals surface area contributed by atoms with Crippen molar-refractivity contribution < 1.29 is 9.13 Å². The minimum atomic E-state index is -0.266. The molecule has 2 aromatic carbocycles. The van der Waals surface area contributed by atoms with Crippen LogP contribution in [0, 0.1) is 5.82 Å². The summed E-state index contributed by atoms with van der Waals surface area (Å²) in [6, 6.07) is 15.7. The Morgan fingerprint density at radius 2 is 1.76 bits per heavy atom. The molecule has 0 radical (unpaired) electrons. The number of nitrogens with one attached hydrogen (secondary N) is 2. The molecular formula is C16H17FN2OS. The molecule has 21 heavy (non-hydrogen) atoms. The van der Waals surface area contributed by atoms with Gasteiger partial charge in [-0.15, -0.1) is 0 Å². The molecular weight excluding hydrogens is 287 g/mol. The SMILES string of the molecule is Fc1ccc(NC(=S)NCCCOc2ccccc2)cc1. The second kappa shape index (κ2) is 8.21. The average molecular weight is 304 g/mol. The number of hydrogen-bond acceptors (Lipinski definition) is 2. The second-order valence-corrected chi connectivity index (χ2v) is 4.81. The van der Waals surface area contributed by atoms with Crippen molar-refractivity contribution in [3.63, 3.8) is 0 Å². The summed E-state index contributed by atoms with van der Waals surface area (Å²) in [4.78, 5) is 0. The lowest BCUT2D eigenvalue weighted by Gasteiger charge is -2.11. The van der Waals surface area contributed by atoms with Crippen LogP contribution < -0.4 is 15.4 Å². The number of hydrogen-bond donors (Lipinski definition) is 2. The van der Waals surface area contributed by atoms with Crippen LogP contribution in [0.3, 0.4) is 0 Å². The molecule has 2 aromatic rings. The Labute approximate surface area is 129 Å². The molecule has 0 atom stereocenters. The van der Waals surface area contributed by atoms with Gasteiger partial charge in [-0.25, -0.2) is 4.39 Å². The van der Waals surface area contributed by atoms with Gasteiger partial charge in [0.25, 0.3) is 0 Å². The summed E-state index contributed by atoms with van der Waals surface area (Å²) in [5.74, 6) is 0.599. The van der Waals surface area contributed by atoms with E-state index in [2.05, 4.69) is 10.6 Å². The van der Waals surface area contributed by atoms with Crippen molar-refractivity contribution in [1.82, 2.24) is 5.32 Å².